The summed E-state index contributed by atoms with van der Waals surface area (Å²) in [6, 6.07) is 18.5. The van der Waals surface area contributed by atoms with Crippen molar-refractivity contribution in [3.05, 3.63) is 78.0 Å². The third-order valence-electron chi connectivity index (χ3n) is 4.04. The summed E-state index contributed by atoms with van der Waals surface area (Å²) in [4.78, 5) is 17.0. The van der Waals surface area contributed by atoms with Crippen molar-refractivity contribution in [2.24, 2.45) is 0 Å². The van der Waals surface area contributed by atoms with Crippen LogP contribution in [-0.4, -0.2) is 25.1 Å². The molecule has 3 rings (SSSR count). The minimum absolute atomic E-state index is 0.218. The number of ether oxygens (including phenoxy) is 2. The molecule has 27 heavy (non-hydrogen) atoms. The number of para-hydroxylation sites is 1. The standard InChI is InChI=1S/C21H21N3O3/c1-26-17-11-9-16(10-12-17)24-20-18(7-5-13-22-20)21(25)23-14-15-6-3-4-8-19(15)27-2/h3-13H,14H2,1-2H3,(H,22,24)(H,23,25). The first-order valence-electron chi connectivity index (χ1n) is 8.47. The first-order valence-corrected chi connectivity index (χ1v) is 8.47. The van der Waals surface area contributed by atoms with E-state index in [1.807, 2.05) is 48.5 Å². The first kappa shape index (κ1) is 18.3. The average molecular weight is 363 g/mol. The summed E-state index contributed by atoms with van der Waals surface area (Å²) in [6.45, 7) is 0.361. The number of benzene rings is 2. The molecule has 6 nitrogen and oxygen atoms in total. The lowest BCUT2D eigenvalue weighted by atomic mass is 10.2. The fourth-order valence-electron chi connectivity index (χ4n) is 2.62. The van der Waals surface area contributed by atoms with E-state index in [1.54, 1.807) is 32.5 Å². The molecule has 0 aliphatic heterocycles. The number of nitrogens with zero attached hydrogens (tertiary/aromatic N) is 1. The Kier molecular flexibility index (Phi) is 5.89. The average Bonchev–Trinajstić information content (AvgIpc) is 2.73. The largest absolute Gasteiger partial charge is 0.497 e. The van der Waals surface area contributed by atoms with E-state index < -0.39 is 0 Å². The van der Waals surface area contributed by atoms with Gasteiger partial charge in [0.2, 0.25) is 0 Å². The number of rotatable bonds is 7. The lowest BCUT2D eigenvalue weighted by molar-refractivity contribution is 0.0951. The van der Waals surface area contributed by atoms with E-state index in [0.29, 0.717) is 17.9 Å². The van der Waals surface area contributed by atoms with E-state index in [4.69, 9.17) is 9.47 Å². The van der Waals surface area contributed by atoms with Gasteiger partial charge in [-0.2, -0.15) is 0 Å². The van der Waals surface area contributed by atoms with Gasteiger partial charge < -0.3 is 20.1 Å². The second-order valence-corrected chi connectivity index (χ2v) is 5.75. The topological polar surface area (TPSA) is 72.5 Å². The predicted octanol–water partition coefficient (Wildman–Crippen LogP) is 3.77. The third-order valence-corrected chi connectivity index (χ3v) is 4.04. The molecule has 0 saturated heterocycles. The van der Waals surface area contributed by atoms with E-state index >= 15 is 0 Å². The van der Waals surface area contributed by atoms with Crippen LogP contribution in [0.1, 0.15) is 15.9 Å². The van der Waals surface area contributed by atoms with Crippen LogP contribution in [-0.2, 0) is 6.54 Å². The highest BCUT2D eigenvalue weighted by atomic mass is 16.5. The Hall–Kier alpha value is -3.54. The van der Waals surface area contributed by atoms with E-state index in [2.05, 4.69) is 15.6 Å². The number of aromatic nitrogens is 1. The Balaban J connectivity index is 1.73. The van der Waals surface area contributed by atoms with Crippen LogP contribution in [0.15, 0.2) is 66.9 Å². The quantitative estimate of drug-likeness (QED) is 0.668. The number of amides is 1. The van der Waals surface area contributed by atoms with Crippen molar-refractivity contribution in [1.82, 2.24) is 10.3 Å². The molecular formula is C21H21N3O3. The molecule has 0 atom stereocenters. The fourth-order valence-corrected chi connectivity index (χ4v) is 2.62. The maximum Gasteiger partial charge on any atom is 0.255 e. The molecule has 138 valence electrons. The molecule has 0 radical (unpaired) electrons. The van der Waals surface area contributed by atoms with Crippen LogP contribution in [0, 0.1) is 0 Å². The van der Waals surface area contributed by atoms with Gasteiger partial charge in [0.05, 0.1) is 19.8 Å². The fraction of sp³-hybridized carbons (Fsp3) is 0.143. The second kappa shape index (κ2) is 8.71. The van der Waals surface area contributed by atoms with Gasteiger partial charge in [0.1, 0.15) is 17.3 Å². The summed E-state index contributed by atoms with van der Waals surface area (Å²) in [7, 11) is 3.23. The van der Waals surface area contributed by atoms with Crippen LogP contribution < -0.4 is 20.1 Å². The Bertz CT molecular complexity index is 911. The molecule has 0 saturated carbocycles. The molecule has 1 heterocycles. The van der Waals surface area contributed by atoms with Crippen LogP contribution in [0.25, 0.3) is 0 Å². The summed E-state index contributed by atoms with van der Waals surface area (Å²) < 4.78 is 10.5. The summed E-state index contributed by atoms with van der Waals surface area (Å²) in [5.41, 5.74) is 2.18. The number of methoxy groups -OCH3 is 2. The van der Waals surface area contributed by atoms with Crippen LogP contribution >= 0.6 is 0 Å². The van der Waals surface area contributed by atoms with Crippen molar-refractivity contribution in [3.63, 3.8) is 0 Å². The number of hydrogen-bond donors (Lipinski definition) is 2. The predicted molar refractivity (Wildman–Crippen MR) is 105 cm³/mol. The Morgan fingerprint density at radius 3 is 2.48 bits per heavy atom. The van der Waals surface area contributed by atoms with Gasteiger partial charge in [-0.15, -0.1) is 0 Å². The smallest absolute Gasteiger partial charge is 0.255 e. The molecule has 0 bridgehead atoms. The molecule has 6 heteroatoms. The van der Waals surface area contributed by atoms with Gasteiger partial charge >= 0.3 is 0 Å². The zero-order chi connectivity index (χ0) is 19.1. The Morgan fingerprint density at radius 2 is 1.74 bits per heavy atom. The monoisotopic (exact) mass is 363 g/mol. The summed E-state index contributed by atoms with van der Waals surface area (Å²) in [5.74, 6) is 1.77. The number of carbonyl (C=O) groups is 1. The van der Waals surface area contributed by atoms with E-state index in [-0.39, 0.29) is 5.91 Å². The lowest BCUT2D eigenvalue weighted by Gasteiger charge is -2.13. The van der Waals surface area contributed by atoms with Crippen molar-refractivity contribution in [2.75, 3.05) is 19.5 Å². The highest BCUT2D eigenvalue weighted by Crippen LogP contribution is 2.22. The van der Waals surface area contributed by atoms with Crippen LogP contribution in [0.2, 0.25) is 0 Å². The molecule has 0 fully saturated rings. The summed E-state index contributed by atoms with van der Waals surface area (Å²) in [5, 5.41) is 6.09. The van der Waals surface area contributed by atoms with E-state index in [0.717, 1.165) is 22.7 Å². The molecule has 1 aromatic heterocycles. The van der Waals surface area contributed by atoms with Crippen molar-refractivity contribution >= 4 is 17.4 Å². The normalized spacial score (nSPS) is 10.1. The third kappa shape index (κ3) is 4.55. The lowest BCUT2D eigenvalue weighted by Crippen LogP contribution is -2.24. The molecule has 2 aromatic carbocycles. The maximum absolute atomic E-state index is 12.7. The maximum atomic E-state index is 12.7. The number of anilines is 2. The van der Waals surface area contributed by atoms with E-state index in [9.17, 15) is 4.79 Å². The number of nitrogens with one attached hydrogen (secondary N) is 2. The molecule has 1 amide bonds. The van der Waals surface area contributed by atoms with Crippen molar-refractivity contribution in [1.29, 1.82) is 0 Å². The minimum atomic E-state index is -0.218. The van der Waals surface area contributed by atoms with Crippen molar-refractivity contribution < 1.29 is 14.3 Å². The van der Waals surface area contributed by atoms with Gasteiger partial charge in [0.15, 0.2) is 0 Å². The van der Waals surface area contributed by atoms with Gasteiger partial charge in [-0.25, -0.2) is 4.98 Å². The van der Waals surface area contributed by atoms with Gasteiger partial charge in [-0.1, -0.05) is 18.2 Å². The molecule has 0 aliphatic rings. The van der Waals surface area contributed by atoms with E-state index in [1.165, 1.54) is 0 Å². The number of hydrogen-bond acceptors (Lipinski definition) is 5. The molecule has 3 aromatic rings. The molecule has 0 aliphatic carbocycles. The van der Waals surface area contributed by atoms with Gasteiger partial charge in [-0.05, 0) is 42.5 Å². The Morgan fingerprint density at radius 1 is 0.963 bits per heavy atom. The second-order valence-electron chi connectivity index (χ2n) is 5.75. The van der Waals surface area contributed by atoms with Crippen LogP contribution in [0.5, 0.6) is 11.5 Å². The molecule has 0 unspecified atom stereocenters. The van der Waals surface area contributed by atoms with Crippen LogP contribution in [0.3, 0.4) is 0 Å². The minimum Gasteiger partial charge on any atom is -0.497 e. The van der Waals surface area contributed by atoms with Gasteiger partial charge in [-0.3, -0.25) is 4.79 Å². The number of pyridine rings is 1. The van der Waals surface area contributed by atoms with Crippen LogP contribution in [0.4, 0.5) is 11.5 Å². The summed E-state index contributed by atoms with van der Waals surface area (Å²) >= 11 is 0. The molecular weight excluding hydrogens is 342 g/mol. The van der Waals surface area contributed by atoms with Crippen molar-refractivity contribution in [2.45, 2.75) is 6.54 Å². The zero-order valence-corrected chi connectivity index (χ0v) is 15.2. The van der Waals surface area contributed by atoms with Gasteiger partial charge in [0, 0.05) is 24.0 Å². The Labute approximate surface area is 158 Å². The molecule has 2 N–H and O–H groups in total. The molecule has 0 spiro atoms. The highest BCUT2D eigenvalue weighted by molar-refractivity contribution is 5.99. The zero-order valence-electron chi connectivity index (χ0n) is 15.2. The highest BCUT2D eigenvalue weighted by Gasteiger charge is 2.13. The first-order chi connectivity index (χ1) is 13.2. The number of carbonyl (C=O) groups excluding carboxylic acids is 1. The van der Waals surface area contributed by atoms with Crippen molar-refractivity contribution in [3.8, 4) is 11.5 Å². The summed E-state index contributed by atoms with van der Waals surface area (Å²) in [6.07, 6.45) is 1.64. The SMILES string of the molecule is COc1ccc(Nc2ncccc2C(=O)NCc2ccccc2OC)cc1. The van der Waals surface area contributed by atoms with Gasteiger partial charge in [0.25, 0.3) is 5.91 Å².